The number of hydrogen-bond acceptors (Lipinski definition) is 4. The minimum Gasteiger partial charge on any atom is -0.496 e. The Morgan fingerprint density at radius 3 is 2.78 bits per heavy atom. The lowest BCUT2D eigenvalue weighted by Crippen LogP contribution is -2.24. The van der Waals surface area contributed by atoms with Crippen molar-refractivity contribution in [1.29, 1.82) is 0 Å². The molecule has 0 N–H and O–H groups in total. The lowest BCUT2D eigenvalue weighted by atomic mass is 10.0. The van der Waals surface area contributed by atoms with Crippen LogP contribution in [0.4, 0.5) is 4.39 Å². The summed E-state index contributed by atoms with van der Waals surface area (Å²) in [6, 6.07) is 5.83. The van der Waals surface area contributed by atoms with Gasteiger partial charge in [0.05, 0.1) is 19.0 Å². The molecule has 6 heteroatoms. The summed E-state index contributed by atoms with van der Waals surface area (Å²) in [6.45, 7) is 3.14. The van der Waals surface area contributed by atoms with E-state index in [0.29, 0.717) is 21.8 Å². The number of hydrogen-bond donors (Lipinski definition) is 0. The van der Waals surface area contributed by atoms with Crippen molar-refractivity contribution < 1.29 is 9.13 Å². The Kier molecular flexibility index (Phi) is 4.17. The smallest absolute Gasteiger partial charge is 0.262 e. The van der Waals surface area contributed by atoms with Gasteiger partial charge in [0.2, 0.25) is 0 Å². The number of fused-ring (bicyclic) bond motifs is 1. The van der Waals surface area contributed by atoms with Gasteiger partial charge in [-0.15, -0.1) is 11.3 Å². The van der Waals surface area contributed by atoms with E-state index in [1.807, 2.05) is 30.5 Å². The van der Waals surface area contributed by atoms with Crippen LogP contribution in [0.1, 0.15) is 11.4 Å². The van der Waals surface area contributed by atoms with Gasteiger partial charge in [-0.1, -0.05) is 11.6 Å². The molecule has 0 amide bonds. The minimum absolute atomic E-state index is 0.0217. The predicted molar refractivity (Wildman–Crippen MR) is 91.3 cm³/mol. The van der Waals surface area contributed by atoms with Gasteiger partial charge in [-0.05, 0) is 26.0 Å². The number of alkyl halides is 1. The zero-order valence-electron chi connectivity index (χ0n) is 13.2. The van der Waals surface area contributed by atoms with Crippen LogP contribution in [0.2, 0.25) is 0 Å². The normalized spacial score (nSPS) is 11.1. The summed E-state index contributed by atoms with van der Waals surface area (Å²) in [5.74, 6) is 1.23. The zero-order valence-corrected chi connectivity index (χ0v) is 14.0. The quantitative estimate of drug-likeness (QED) is 0.731. The van der Waals surface area contributed by atoms with Crippen molar-refractivity contribution in [3.63, 3.8) is 0 Å². The number of benzene rings is 1. The van der Waals surface area contributed by atoms with Crippen LogP contribution in [0.5, 0.6) is 5.75 Å². The van der Waals surface area contributed by atoms with Crippen LogP contribution in [0.3, 0.4) is 0 Å². The maximum Gasteiger partial charge on any atom is 0.262 e. The highest BCUT2D eigenvalue weighted by molar-refractivity contribution is 7.17. The summed E-state index contributed by atoms with van der Waals surface area (Å²) in [4.78, 5) is 17.9. The molecule has 2 heterocycles. The molecule has 0 radical (unpaired) electrons. The van der Waals surface area contributed by atoms with Crippen molar-refractivity contribution in [2.45, 2.75) is 20.4 Å². The van der Waals surface area contributed by atoms with Crippen LogP contribution < -0.4 is 10.3 Å². The summed E-state index contributed by atoms with van der Waals surface area (Å²) < 4.78 is 19.6. The summed E-state index contributed by atoms with van der Waals surface area (Å²) in [7, 11) is 1.60. The number of halogens is 1. The van der Waals surface area contributed by atoms with E-state index in [0.717, 1.165) is 16.7 Å². The van der Waals surface area contributed by atoms with Crippen molar-refractivity contribution >= 4 is 21.6 Å². The van der Waals surface area contributed by atoms with Crippen molar-refractivity contribution in [3.8, 4) is 16.9 Å². The molecule has 0 aliphatic carbocycles. The van der Waals surface area contributed by atoms with Gasteiger partial charge in [-0.2, -0.15) is 0 Å². The van der Waals surface area contributed by atoms with Gasteiger partial charge in [0, 0.05) is 16.5 Å². The third-order valence-corrected chi connectivity index (χ3v) is 4.71. The van der Waals surface area contributed by atoms with E-state index in [2.05, 4.69) is 4.98 Å². The molecule has 0 saturated carbocycles. The highest BCUT2D eigenvalue weighted by atomic mass is 32.1. The van der Waals surface area contributed by atoms with Crippen molar-refractivity contribution in [2.24, 2.45) is 0 Å². The van der Waals surface area contributed by atoms with Gasteiger partial charge in [0.15, 0.2) is 0 Å². The molecule has 0 saturated heterocycles. The topological polar surface area (TPSA) is 44.1 Å². The summed E-state index contributed by atoms with van der Waals surface area (Å²) in [5.41, 5.74) is 2.51. The number of thiophene rings is 1. The maximum atomic E-state index is 12.8. The molecular formula is C17H17FN2O2S. The monoisotopic (exact) mass is 332 g/mol. The van der Waals surface area contributed by atoms with E-state index in [-0.39, 0.29) is 12.1 Å². The van der Waals surface area contributed by atoms with Crippen LogP contribution in [0, 0.1) is 13.8 Å². The predicted octanol–water partition coefficient (Wildman–Crippen LogP) is 3.72. The molecule has 0 atom stereocenters. The molecule has 0 aliphatic rings. The number of aryl methyl sites for hydroxylation is 2. The highest BCUT2D eigenvalue weighted by Crippen LogP contribution is 2.37. The third kappa shape index (κ3) is 2.63. The standard InChI is InChI=1S/C17H17FN2O2S/c1-10-4-5-14(22-3)12(8-10)13-9-23-16-15(13)17(21)20(7-6-18)11(2)19-16/h4-5,8-9H,6-7H2,1-3H3. The van der Waals surface area contributed by atoms with Crippen LogP contribution in [-0.4, -0.2) is 23.3 Å². The fourth-order valence-corrected chi connectivity index (χ4v) is 3.68. The fraction of sp³-hybridized carbons (Fsp3) is 0.294. The van der Waals surface area contributed by atoms with Crippen LogP contribution in [-0.2, 0) is 6.54 Å². The van der Waals surface area contributed by atoms with Crippen molar-refractivity contribution in [1.82, 2.24) is 9.55 Å². The van der Waals surface area contributed by atoms with E-state index >= 15 is 0 Å². The highest BCUT2D eigenvalue weighted by Gasteiger charge is 2.17. The molecule has 3 aromatic rings. The SMILES string of the molecule is COc1ccc(C)cc1-c1csc2nc(C)n(CCF)c(=O)c12. The maximum absolute atomic E-state index is 12.8. The fourth-order valence-electron chi connectivity index (χ4n) is 2.70. The summed E-state index contributed by atoms with van der Waals surface area (Å²) in [6.07, 6.45) is 0. The molecule has 0 bridgehead atoms. The Hall–Kier alpha value is -2.21. The zero-order chi connectivity index (χ0) is 16.6. The number of methoxy groups -OCH3 is 1. The number of rotatable bonds is 4. The first kappa shape index (κ1) is 15.7. The van der Waals surface area contributed by atoms with Gasteiger partial charge >= 0.3 is 0 Å². The second-order valence-corrected chi connectivity index (χ2v) is 6.20. The van der Waals surface area contributed by atoms with Crippen LogP contribution in [0.15, 0.2) is 28.4 Å². The van der Waals surface area contributed by atoms with Gasteiger partial charge in [-0.25, -0.2) is 9.37 Å². The average molecular weight is 332 g/mol. The van der Waals surface area contributed by atoms with E-state index in [4.69, 9.17) is 4.74 Å². The van der Waals surface area contributed by atoms with Gasteiger partial charge in [0.25, 0.3) is 5.56 Å². The molecule has 3 rings (SSSR count). The second-order valence-electron chi connectivity index (χ2n) is 5.34. The number of aromatic nitrogens is 2. The lowest BCUT2D eigenvalue weighted by molar-refractivity contribution is 0.416. The molecule has 1 aromatic carbocycles. The van der Waals surface area contributed by atoms with Crippen LogP contribution >= 0.6 is 11.3 Å². The number of ether oxygens (including phenoxy) is 1. The molecule has 0 aliphatic heterocycles. The van der Waals surface area contributed by atoms with E-state index in [9.17, 15) is 9.18 Å². The Morgan fingerprint density at radius 1 is 1.30 bits per heavy atom. The second kappa shape index (κ2) is 6.12. The van der Waals surface area contributed by atoms with E-state index in [1.54, 1.807) is 14.0 Å². The molecule has 120 valence electrons. The van der Waals surface area contributed by atoms with Crippen LogP contribution in [0.25, 0.3) is 21.3 Å². The Labute approximate surface area is 137 Å². The number of nitrogens with zero attached hydrogens (tertiary/aromatic N) is 2. The minimum atomic E-state index is -0.596. The molecule has 0 unspecified atom stereocenters. The molecule has 0 fully saturated rings. The molecule has 4 nitrogen and oxygen atoms in total. The Bertz CT molecular complexity index is 930. The van der Waals surface area contributed by atoms with Crippen molar-refractivity contribution in [3.05, 3.63) is 45.3 Å². The van der Waals surface area contributed by atoms with Gasteiger partial charge < -0.3 is 4.74 Å². The molecule has 2 aromatic heterocycles. The first-order valence-electron chi connectivity index (χ1n) is 7.26. The van der Waals surface area contributed by atoms with E-state index < -0.39 is 6.67 Å². The Morgan fingerprint density at radius 2 is 2.09 bits per heavy atom. The summed E-state index contributed by atoms with van der Waals surface area (Å²) >= 11 is 1.42. The summed E-state index contributed by atoms with van der Waals surface area (Å²) in [5, 5.41) is 2.44. The largest absolute Gasteiger partial charge is 0.496 e. The molecular weight excluding hydrogens is 315 g/mol. The molecule has 0 spiro atoms. The van der Waals surface area contributed by atoms with Crippen molar-refractivity contribution in [2.75, 3.05) is 13.8 Å². The Balaban J connectivity index is 2.34. The van der Waals surface area contributed by atoms with Gasteiger partial charge in [0.1, 0.15) is 23.1 Å². The third-order valence-electron chi connectivity index (χ3n) is 3.84. The first-order valence-corrected chi connectivity index (χ1v) is 8.14. The van der Waals surface area contributed by atoms with E-state index in [1.165, 1.54) is 15.9 Å². The first-order chi connectivity index (χ1) is 11.1. The molecule has 23 heavy (non-hydrogen) atoms. The van der Waals surface area contributed by atoms with Gasteiger partial charge in [-0.3, -0.25) is 9.36 Å². The lowest BCUT2D eigenvalue weighted by Gasteiger charge is -2.10. The average Bonchev–Trinajstić information content (AvgIpc) is 2.95.